The van der Waals surface area contributed by atoms with Gasteiger partial charge in [-0.3, -0.25) is 4.79 Å². The highest BCUT2D eigenvalue weighted by atomic mass is 16.1. The first-order valence-corrected chi connectivity index (χ1v) is 7.13. The van der Waals surface area contributed by atoms with Crippen molar-refractivity contribution >= 4 is 17.3 Å². The predicted octanol–water partition coefficient (Wildman–Crippen LogP) is 2.14. The third kappa shape index (κ3) is 2.15. The molecular weight excluding hydrogens is 238 g/mol. The SMILES string of the molecule is NC(=O)c1ccc(N)cc1N1CCC2CCCCC21. The molecule has 0 spiro atoms. The van der Waals surface area contributed by atoms with E-state index in [9.17, 15) is 4.79 Å². The molecule has 1 aromatic carbocycles. The van der Waals surface area contributed by atoms with Crippen molar-refractivity contribution in [2.75, 3.05) is 17.2 Å². The molecule has 0 bridgehead atoms. The first-order valence-electron chi connectivity index (χ1n) is 7.13. The van der Waals surface area contributed by atoms with E-state index in [-0.39, 0.29) is 5.91 Å². The maximum absolute atomic E-state index is 11.6. The summed E-state index contributed by atoms with van der Waals surface area (Å²) in [6.45, 7) is 1.01. The number of primary amides is 1. The lowest BCUT2D eigenvalue weighted by Crippen LogP contribution is -2.36. The van der Waals surface area contributed by atoms with Crippen LogP contribution in [0.1, 0.15) is 42.5 Å². The van der Waals surface area contributed by atoms with Crippen molar-refractivity contribution in [2.24, 2.45) is 11.7 Å². The summed E-state index contributed by atoms with van der Waals surface area (Å²) in [6.07, 6.45) is 6.38. The van der Waals surface area contributed by atoms with E-state index < -0.39 is 0 Å². The number of carbonyl (C=O) groups excluding carboxylic acids is 1. The summed E-state index contributed by atoms with van der Waals surface area (Å²) in [6, 6.07) is 5.96. The highest BCUT2D eigenvalue weighted by Gasteiger charge is 2.36. The van der Waals surface area contributed by atoms with E-state index in [1.54, 1.807) is 12.1 Å². The first kappa shape index (κ1) is 12.3. The summed E-state index contributed by atoms with van der Waals surface area (Å²) in [4.78, 5) is 14.0. The number of carbonyl (C=O) groups is 1. The molecule has 3 rings (SSSR count). The second-order valence-corrected chi connectivity index (χ2v) is 5.73. The number of nitrogens with zero attached hydrogens (tertiary/aromatic N) is 1. The molecule has 2 fully saturated rings. The van der Waals surface area contributed by atoms with Crippen LogP contribution in [0.5, 0.6) is 0 Å². The lowest BCUT2D eigenvalue weighted by Gasteiger charge is -2.34. The summed E-state index contributed by atoms with van der Waals surface area (Å²) in [7, 11) is 0. The second kappa shape index (κ2) is 4.76. The van der Waals surface area contributed by atoms with Crippen LogP contribution in [0.3, 0.4) is 0 Å². The quantitative estimate of drug-likeness (QED) is 0.799. The minimum absolute atomic E-state index is 0.366. The summed E-state index contributed by atoms with van der Waals surface area (Å²) in [5, 5.41) is 0. The number of nitrogen functional groups attached to an aromatic ring is 1. The average molecular weight is 259 g/mol. The number of nitrogens with two attached hydrogens (primary N) is 2. The maximum Gasteiger partial charge on any atom is 0.250 e. The molecule has 0 radical (unpaired) electrons. The van der Waals surface area contributed by atoms with Gasteiger partial charge >= 0.3 is 0 Å². The molecule has 19 heavy (non-hydrogen) atoms. The smallest absolute Gasteiger partial charge is 0.250 e. The normalized spacial score (nSPS) is 26.2. The molecule has 2 atom stereocenters. The summed E-state index contributed by atoms with van der Waals surface area (Å²) < 4.78 is 0. The van der Waals surface area contributed by atoms with E-state index in [1.165, 1.54) is 32.1 Å². The maximum atomic E-state index is 11.6. The highest BCUT2D eigenvalue weighted by Crippen LogP contribution is 2.40. The van der Waals surface area contributed by atoms with Gasteiger partial charge in [-0.05, 0) is 43.4 Å². The van der Waals surface area contributed by atoms with Gasteiger partial charge in [-0.2, -0.15) is 0 Å². The molecule has 2 aliphatic rings. The monoisotopic (exact) mass is 259 g/mol. The lowest BCUT2D eigenvalue weighted by molar-refractivity contribution is 0.100. The van der Waals surface area contributed by atoms with Crippen molar-refractivity contribution in [1.29, 1.82) is 0 Å². The van der Waals surface area contributed by atoms with Crippen LogP contribution in [0.25, 0.3) is 0 Å². The number of fused-ring (bicyclic) bond motifs is 1. The molecule has 2 unspecified atom stereocenters. The zero-order chi connectivity index (χ0) is 13.4. The molecule has 1 aliphatic carbocycles. The van der Waals surface area contributed by atoms with Crippen LogP contribution >= 0.6 is 0 Å². The molecule has 4 nitrogen and oxygen atoms in total. The number of amides is 1. The standard InChI is InChI=1S/C15H21N3O/c16-11-5-6-12(15(17)19)14(9-11)18-8-7-10-3-1-2-4-13(10)18/h5-6,9-10,13H,1-4,7-8,16H2,(H2,17,19). The van der Waals surface area contributed by atoms with Crippen LogP contribution in [0, 0.1) is 5.92 Å². The highest BCUT2D eigenvalue weighted by molar-refractivity contribution is 5.99. The molecule has 0 aromatic heterocycles. The average Bonchev–Trinajstić information content (AvgIpc) is 2.82. The predicted molar refractivity (Wildman–Crippen MR) is 77.1 cm³/mol. The van der Waals surface area contributed by atoms with Gasteiger partial charge in [0.25, 0.3) is 5.91 Å². The number of benzene rings is 1. The van der Waals surface area contributed by atoms with Crippen LogP contribution in [0.4, 0.5) is 11.4 Å². The van der Waals surface area contributed by atoms with Gasteiger partial charge in [0.2, 0.25) is 0 Å². The van der Waals surface area contributed by atoms with Gasteiger partial charge < -0.3 is 16.4 Å². The zero-order valence-corrected chi connectivity index (χ0v) is 11.1. The van der Waals surface area contributed by atoms with Crippen molar-refractivity contribution in [3.8, 4) is 0 Å². The van der Waals surface area contributed by atoms with Crippen molar-refractivity contribution in [3.05, 3.63) is 23.8 Å². The fourth-order valence-corrected chi connectivity index (χ4v) is 3.70. The first-order chi connectivity index (χ1) is 9.16. The second-order valence-electron chi connectivity index (χ2n) is 5.73. The Hall–Kier alpha value is -1.71. The van der Waals surface area contributed by atoms with Gasteiger partial charge in [-0.1, -0.05) is 12.8 Å². The number of anilines is 2. The van der Waals surface area contributed by atoms with Crippen LogP contribution in [0.15, 0.2) is 18.2 Å². The number of hydrogen-bond donors (Lipinski definition) is 2. The Kier molecular flexibility index (Phi) is 3.09. The Morgan fingerprint density at radius 3 is 2.79 bits per heavy atom. The van der Waals surface area contributed by atoms with Crippen LogP contribution in [0.2, 0.25) is 0 Å². The molecule has 1 aromatic rings. The van der Waals surface area contributed by atoms with Gasteiger partial charge in [-0.25, -0.2) is 0 Å². The Bertz CT molecular complexity index is 500. The fraction of sp³-hybridized carbons (Fsp3) is 0.533. The zero-order valence-electron chi connectivity index (χ0n) is 11.1. The fourth-order valence-electron chi connectivity index (χ4n) is 3.70. The van der Waals surface area contributed by atoms with Crippen molar-refractivity contribution < 1.29 is 4.79 Å². The van der Waals surface area contributed by atoms with E-state index in [1.807, 2.05) is 6.07 Å². The van der Waals surface area contributed by atoms with Crippen LogP contribution in [-0.2, 0) is 0 Å². The molecule has 1 saturated heterocycles. The van der Waals surface area contributed by atoms with E-state index >= 15 is 0 Å². The van der Waals surface area contributed by atoms with Gasteiger partial charge in [0.15, 0.2) is 0 Å². The molecule has 1 saturated carbocycles. The summed E-state index contributed by atoms with van der Waals surface area (Å²) in [5.74, 6) is 0.408. The van der Waals surface area contributed by atoms with Gasteiger partial charge in [0.05, 0.1) is 11.3 Å². The summed E-state index contributed by atoms with van der Waals surface area (Å²) in [5.41, 5.74) is 13.6. The van der Waals surface area contributed by atoms with E-state index in [2.05, 4.69) is 4.90 Å². The van der Waals surface area contributed by atoms with E-state index in [4.69, 9.17) is 11.5 Å². The van der Waals surface area contributed by atoms with Crippen LogP contribution < -0.4 is 16.4 Å². The molecule has 102 valence electrons. The van der Waals surface area contributed by atoms with Crippen molar-refractivity contribution in [3.63, 3.8) is 0 Å². The molecule has 1 heterocycles. The van der Waals surface area contributed by atoms with Gasteiger partial charge in [0, 0.05) is 18.3 Å². The minimum Gasteiger partial charge on any atom is -0.399 e. The summed E-state index contributed by atoms with van der Waals surface area (Å²) >= 11 is 0. The van der Waals surface area contributed by atoms with E-state index in [0.29, 0.717) is 17.3 Å². The van der Waals surface area contributed by atoms with Crippen molar-refractivity contribution in [1.82, 2.24) is 0 Å². The molecule has 1 amide bonds. The topological polar surface area (TPSA) is 72.3 Å². The largest absolute Gasteiger partial charge is 0.399 e. The molecule has 4 heteroatoms. The van der Waals surface area contributed by atoms with Crippen LogP contribution in [-0.4, -0.2) is 18.5 Å². The number of hydrogen-bond acceptors (Lipinski definition) is 3. The third-order valence-electron chi connectivity index (χ3n) is 4.61. The van der Waals surface area contributed by atoms with Gasteiger partial charge in [0.1, 0.15) is 0 Å². The molecule has 4 N–H and O–H groups in total. The Labute approximate surface area is 113 Å². The third-order valence-corrected chi connectivity index (χ3v) is 4.61. The van der Waals surface area contributed by atoms with Gasteiger partial charge in [-0.15, -0.1) is 0 Å². The Morgan fingerprint density at radius 1 is 1.21 bits per heavy atom. The lowest BCUT2D eigenvalue weighted by atomic mass is 9.85. The molecule has 1 aliphatic heterocycles. The number of rotatable bonds is 2. The van der Waals surface area contributed by atoms with Crippen molar-refractivity contribution in [2.45, 2.75) is 38.1 Å². The molecular formula is C15H21N3O. The van der Waals surface area contributed by atoms with E-state index in [0.717, 1.165) is 18.2 Å². The Balaban J connectivity index is 1.97. The Morgan fingerprint density at radius 2 is 2.00 bits per heavy atom. The minimum atomic E-state index is -0.366.